The summed E-state index contributed by atoms with van der Waals surface area (Å²) in [6.07, 6.45) is 4.37. The van der Waals surface area contributed by atoms with E-state index in [9.17, 15) is 9.18 Å². The summed E-state index contributed by atoms with van der Waals surface area (Å²) in [5.41, 5.74) is 0.331. The minimum atomic E-state index is -0.243. The monoisotopic (exact) mass is 375 g/mol. The fourth-order valence-corrected chi connectivity index (χ4v) is 4.60. The summed E-state index contributed by atoms with van der Waals surface area (Å²) in [7, 11) is 0. The topological polar surface area (TPSA) is 44.8 Å². The van der Waals surface area contributed by atoms with Gasteiger partial charge in [-0.2, -0.15) is 0 Å². The molecule has 1 spiro atoms. The summed E-state index contributed by atoms with van der Waals surface area (Å²) < 4.78 is 18.5. The fraction of sp³-hybridized carbons (Fsp3) is 0.667. The summed E-state index contributed by atoms with van der Waals surface area (Å²) >= 11 is 0. The van der Waals surface area contributed by atoms with Crippen LogP contribution in [0.5, 0.6) is 5.75 Å². The van der Waals surface area contributed by atoms with E-state index in [1.807, 2.05) is 0 Å². The molecule has 2 heterocycles. The van der Waals surface area contributed by atoms with E-state index in [4.69, 9.17) is 4.74 Å². The minimum absolute atomic E-state index is 0.243. The van der Waals surface area contributed by atoms with E-state index in [0.29, 0.717) is 23.7 Å². The predicted molar refractivity (Wildman–Crippen MR) is 102 cm³/mol. The van der Waals surface area contributed by atoms with E-state index in [0.717, 1.165) is 71.5 Å². The first-order valence-electron chi connectivity index (χ1n) is 10.3. The van der Waals surface area contributed by atoms with Gasteiger partial charge >= 0.3 is 0 Å². The number of nitrogens with zero attached hydrogens (tertiary/aromatic N) is 2. The molecule has 1 saturated carbocycles. The van der Waals surface area contributed by atoms with Crippen LogP contribution < -0.4 is 10.1 Å². The van der Waals surface area contributed by atoms with Gasteiger partial charge in [0.05, 0.1) is 6.61 Å². The summed E-state index contributed by atoms with van der Waals surface area (Å²) in [5.74, 6) is 1.15. The molecule has 1 N–H and O–H groups in total. The average Bonchev–Trinajstić information content (AvgIpc) is 3.39. The number of piperazine rings is 1. The van der Waals surface area contributed by atoms with Crippen molar-refractivity contribution in [3.05, 3.63) is 30.1 Å². The zero-order valence-electron chi connectivity index (χ0n) is 16.0. The van der Waals surface area contributed by atoms with Gasteiger partial charge in [-0.1, -0.05) is 0 Å². The maximum absolute atomic E-state index is 12.9. The number of carbonyl (C=O) groups is 1. The molecule has 5 nitrogen and oxygen atoms in total. The maximum Gasteiger partial charge on any atom is 0.226 e. The Labute approximate surface area is 160 Å². The second kappa shape index (κ2) is 8.15. The summed E-state index contributed by atoms with van der Waals surface area (Å²) in [6, 6.07) is 6.15. The lowest BCUT2D eigenvalue weighted by molar-refractivity contribution is -0.135. The molecule has 2 aliphatic heterocycles. The lowest BCUT2D eigenvalue weighted by atomic mass is 9.91. The zero-order chi connectivity index (χ0) is 18.7. The van der Waals surface area contributed by atoms with Gasteiger partial charge in [0, 0.05) is 38.6 Å². The van der Waals surface area contributed by atoms with Crippen LogP contribution in [-0.2, 0) is 4.79 Å². The molecule has 3 fully saturated rings. The number of benzene rings is 1. The summed E-state index contributed by atoms with van der Waals surface area (Å²) in [6.45, 7) is 7.33. The molecule has 2 saturated heterocycles. The molecule has 1 aliphatic carbocycles. The van der Waals surface area contributed by atoms with Crippen LogP contribution in [0.3, 0.4) is 0 Å². The zero-order valence-corrected chi connectivity index (χ0v) is 16.0. The van der Waals surface area contributed by atoms with E-state index in [-0.39, 0.29) is 11.7 Å². The molecule has 1 aromatic carbocycles. The molecular formula is C21H30FN3O2. The molecule has 148 valence electrons. The molecule has 0 radical (unpaired) electrons. The van der Waals surface area contributed by atoms with Gasteiger partial charge in [-0.05, 0) is 68.5 Å². The fourth-order valence-electron chi connectivity index (χ4n) is 4.60. The summed E-state index contributed by atoms with van der Waals surface area (Å²) in [5, 5.41) is 3.40. The van der Waals surface area contributed by atoms with Crippen molar-refractivity contribution in [3.8, 4) is 5.75 Å². The Morgan fingerprint density at radius 2 is 1.85 bits per heavy atom. The van der Waals surface area contributed by atoms with Crippen LogP contribution in [0.2, 0.25) is 0 Å². The van der Waals surface area contributed by atoms with Crippen molar-refractivity contribution in [2.45, 2.75) is 25.7 Å². The highest BCUT2D eigenvalue weighted by Gasteiger charge is 2.58. The molecule has 0 unspecified atom stereocenters. The van der Waals surface area contributed by atoms with Gasteiger partial charge in [0.25, 0.3) is 0 Å². The molecule has 0 bridgehead atoms. The lowest BCUT2D eigenvalue weighted by Gasteiger charge is -2.35. The van der Waals surface area contributed by atoms with Crippen molar-refractivity contribution in [2.24, 2.45) is 11.3 Å². The number of ether oxygens (including phenoxy) is 1. The third-order valence-corrected chi connectivity index (χ3v) is 6.47. The molecular weight excluding hydrogens is 345 g/mol. The SMILES string of the molecule is O=C([C@@H]1CC12CCNCC2)N1CCN(CCCOc2ccc(F)cc2)CC1. The first-order chi connectivity index (χ1) is 13.2. The Bertz CT molecular complexity index is 637. The van der Waals surface area contributed by atoms with Gasteiger partial charge in [-0.25, -0.2) is 4.39 Å². The van der Waals surface area contributed by atoms with Crippen molar-refractivity contribution in [2.75, 3.05) is 52.4 Å². The molecule has 6 heteroatoms. The van der Waals surface area contributed by atoms with Crippen molar-refractivity contribution in [1.29, 1.82) is 0 Å². The van der Waals surface area contributed by atoms with Crippen LogP contribution in [0.15, 0.2) is 24.3 Å². The number of nitrogens with one attached hydrogen (secondary N) is 1. The smallest absolute Gasteiger partial charge is 0.226 e. The number of rotatable bonds is 6. The van der Waals surface area contributed by atoms with Gasteiger partial charge in [0.15, 0.2) is 0 Å². The van der Waals surface area contributed by atoms with Crippen molar-refractivity contribution < 1.29 is 13.9 Å². The van der Waals surface area contributed by atoms with Gasteiger partial charge in [0.1, 0.15) is 11.6 Å². The van der Waals surface area contributed by atoms with Crippen molar-refractivity contribution >= 4 is 5.91 Å². The molecule has 1 aromatic rings. The third kappa shape index (κ3) is 4.43. The van der Waals surface area contributed by atoms with Crippen LogP contribution in [0.25, 0.3) is 0 Å². The van der Waals surface area contributed by atoms with Crippen molar-refractivity contribution in [1.82, 2.24) is 15.1 Å². The largest absolute Gasteiger partial charge is 0.494 e. The van der Waals surface area contributed by atoms with Crippen LogP contribution in [0, 0.1) is 17.2 Å². The number of hydrogen-bond acceptors (Lipinski definition) is 4. The van der Waals surface area contributed by atoms with Crippen molar-refractivity contribution in [3.63, 3.8) is 0 Å². The predicted octanol–water partition coefficient (Wildman–Crippen LogP) is 2.13. The van der Waals surface area contributed by atoms with E-state index in [1.165, 1.54) is 12.1 Å². The first kappa shape index (κ1) is 18.7. The third-order valence-electron chi connectivity index (χ3n) is 6.47. The standard InChI is InChI=1S/C21H30FN3O2/c22-17-2-4-18(5-3-17)27-15-1-10-24-11-13-25(14-12-24)20(26)19-16-21(19)6-8-23-9-7-21/h2-5,19,23H,1,6-16H2/t19-/m0/s1. The molecule has 1 atom stereocenters. The van der Waals surface area contributed by atoms with E-state index in [2.05, 4.69) is 15.1 Å². The number of halogens is 1. The Balaban J connectivity index is 1.13. The van der Waals surface area contributed by atoms with E-state index < -0.39 is 0 Å². The number of piperidine rings is 1. The maximum atomic E-state index is 12.9. The second-order valence-corrected chi connectivity index (χ2v) is 8.19. The number of amides is 1. The molecule has 4 rings (SSSR count). The molecule has 0 aromatic heterocycles. The number of carbonyl (C=O) groups excluding carboxylic acids is 1. The second-order valence-electron chi connectivity index (χ2n) is 8.19. The van der Waals surface area contributed by atoms with Gasteiger partial charge in [-0.15, -0.1) is 0 Å². The van der Waals surface area contributed by atoms with E-state index >= 15 is 0 Å². The molecule has 1 amide bonds. The summed E-state index contributed by atoms with van der Waals surface area (Å²) in [4.78, 5) is 17.3. The van der Waals surface area contributed by atoms with Gasteiger partial charge < -0.3 is 15.0 Å². The molecule has 27 heavy (non-hydrogen) atoms. The van der Waals surface area contributed by atoms with Crippen LogP contribution in [0.1, 0.15) is 25.7 Å². The Kier molecular flexibility index (Phi) is 5.64. The quantitative estimate of drug-likeness (QED) is 0.774. The van der Waals surface area contributed by atoms with Crippen LogP contribution >= 0.6 is 0 Å². The van der Waals surface area contributed by atoms with E-state index in [1.54, 1.807) is 12.1 Å². The Morgan fingerprint density at radius 3 is 2.56 bits per heavy atom. The highest BCUT2D eigenvalue weighted by molar-refractivity contribution is 5.83. The Morgan fingerprint density at radius 1 is 1.15 bits per heavy atom. The highest BCUT2D eigenvalue weighted by atomic mass is 19.1. The number of hydrogen-bond donors (Lipinski definition) is 1. The normalized spacial score (nSPS) is 24.8. The van der Waals surface area contributed by atoms with Crippen LogP contribution in [0.4, 0.5) is 4.39 Å². The molecule has 3 aliphatic rings. The van der Waals surface area contributed by atoms with Gasteiger partial charge in [-0.3, -0.25) is 9.69 Å². The first-order valence-corrected chi connectivity index (χ1v) is 10.3. The highest BCUT2D eigenvalue weighted by Crippen LogP contribution is 2.59. The Hall–Kier alpha value is -1.66. The van der Waals surface area contributed by atoms with Crippen LogP contribution in [-0.4, -0.2) is 68.1 Å². The lowest BCUT2D eigenvalue weighted by Crippen LogP contribution is -2.50. The minimum Gasteiger partial charge on any atom is -0.494 e. The van der Waals surface area contributed by atoms with Gasteiger partial charge in [0.2, 0.25) is 5.91 Å². The average molecular weight is 375 g/mol.